The van der Waals surface area contributed by atoms with Crippen LogP contribution in [-0.2, 0) is 11.2 Å². The molecule has 0 heterocycles. The smallest absolute Gasteiger partial charge is 0.221 e. The monoisotopic (exact) mass is 209 g/mol. The lowest BCUT2D eigenvalue weighted by Crippen LogP contribution is -2.13. The Morgan fingerprint density at radius 2 is 1.81 bits per heavy atom. The number of hydrogen-bond donors (Lipinski definition) is 1. The lowest BCUT2D eigenvalue weighted by atomic mass is 9.97. The van der Waals surface area contributed by atoms with E-state index in [-0.39, 0.29) is 5.91 Å². The van der Waals surface area contributed by atoms with E-state index in [9.17, 15) is 4.79 Å². The molecule has 1 aliphatic carbocycles. The van der Waals surface area contributed by atoms with E-state index in [4.69, 9.17) is 5.73 Å². The van der Waals surface area contributed by atoms with Gasteiger partial charge in [-0.1, -0.05) is 42.5 Å². The molecule has 2 aromatic carbocycles. The first-order chi connectivity index (χ1) is 7.75. The highest BCUT2D eigenvalue weighted by Gasteiger charge is 2.12. The molecule has 3 rings (SSSR count). The van der Waals surface area contributed by atoms with Crippen molar-refractivity contribution in [3.63, 3.8) is 0 Å². The van der Waals surface area contributed by atoms with Gasteiger partial charge in [0.15, 0.2) is 0 Å². The van der Waals surface area contributed by atoms with Crippen molar-refractivity contribution in [2.75, 3.05) is 0 Å². The fourth-order valence-corrected chi connectivity index (χ4v) is 2.32. The molecule has 0 aromatic heterocycles. The van der Waals surface area contributed by atoms with Crippen molar-refractivity contribution in [3.05, 3.63) is 47.0 Å². The lowest BCUT2D eigenvalue weighted by Gasteiger charge is -2.07. The molecule has 0 aliphatic heterocycles. The quantitative estimate of drug-likeness (QED) is 0.691. The Morgan fingerprint density at radius 1 is 1.06 bits per heavy atom. The molecule has 0 radical (unpaired) electrons. The molecule has 0 unspecified atom stereocenters. The van der Waals surface area contributed by atoms with Gasteiger partial charge in [-0.05, 0) is 27.5 Å². The van der Waals surface area contributed by atoms with Gasteiger partial charge in [-0.15, -0.1) is 0 Å². The summed E-state index contributed by atoms with van der Waals surface area (Å²) in [5.41, 5.74) is 8.71. The summed E-state index contributed by atoms with van der Waals surface area (Å²) >= 11 is 0. The summed E-state index contributed by atoms with van der Waals surface area (Å²) in [7, 11) is 0. The average molecular weight is 209 g/mol. The molecule has 2 N–H and O–H groups in total. The zero-order valence-corrected chi connectivity index (χ0v) is 8.73. The first-order valence-corrected chi connectivity index (χ1v) is 5.27. The molecule has 0 saturated carbocycles. The van der Waals surface area contributed by atoms with Crippen molar-refractivity contribution < 1.29 is 4.79 Å². The minimum absolute atomic E-state index is 0.286. The maximum atomic E-state index is 11.0. The third-order valence-corrected chi connectivity index (χ3v) is 3.00. The Hall–Kier alpha value is -2.09. The zero-order valence-electron chi connectivity index (χ0n) is 8.73. The van der Waals surface area contributed by atoms with Gasteiger partial charge >= 0.3 is 0 Å². The second-order valence-corrected chi connectivity index (χ2v) is 4.06. The molecule has 2 aromatic rings. The standard InChI is InChI=1S/C14H11NO/c15-13(16)8-11-7-6-10-5-4-9-2-1-3-12(11)14(9)10/h1-7H,8H2,(H2,15,16). The van der Waals surface area contributed by atoms with Crippen LogP contribution in [0.4, 0.5) is 0 Å². The summed E-state index contributed by atoms with van der Waals surface area (Å²) in [6.07, 6.45) is 4.51. The Bertz CT molecular complexity index is 614. The Kier molecular flexibility index (Phi) is 1.83. The van der Waals surface area contributed by atoms with Gasteiger partial charge in [0, 0.05) is 0 Å². The number of primary amides is 1. The maximum absolute atomic E-state index is 11.0. The SMILES string of the molecule is NC(=O)Cc1ccc2c3c(cccc13)C=C2. The zero-order chi connectivity index (χ0) is 11.1. The van der Waals surface area contributed by atoms with Gasteiger partial charge in [-0.2, -0.15) is 0 Å². The third-order valence-electron chi connectivity index (χ3n) is 3.00. The molecule has 0 bridgehead atoms. The van der Waals surface area contributed by atoms with Crippen LogP contribution in [0.15, 0.2) is 30.3 Å². The molecule has 16 heavy (non-hydrogen) atoms. The Morgan fingerprint density at radius 3 is 2.56 bits per heavy atom. The van der Waals surface area contributed by atoms with E-state index in [1.54, 1.807) is 0 Å². The van der Waals surface area contributed by atoms with E-state index in [0.717, 1.165) is 10.9 Å². The predicted molar refractivity (Wildman–Crippen MR) is 65.8 cm³/mol. The number of carbonyl (C=O) groups is 1. The molecule has 0 fully saturated rings. The Labute approximate surface area is 93.4 Å². The van der Waals surface area contributed by atoms with Gasteiger partial charge in [0.2, 0.25) is 5.91 Å². The van der Waals surface area contributed by atoms with E-state index < -0.39 is 0 Å². The van der Waals surface area contributed by atoms with Gasteiger partial charge in [0.05, 0.1) is 6.42 Å². The van der Waals surface area contributed by atoms with Crippen LogP contribution in [0.3, 0.4) is 0 Å². The molecule has 1 aliphatic rings. The van der Waals surface area contributed by atoms with Crippen LogP contribution < -0.4 is 5.73 Å². The topological polar surface area (TPSA) is 43.1 Å². The number of nitrogens with two attached hydrogens (primary N) is 1. The molecule has 2 nitrogen and oxygen atoms in total. The number of rotatable bonds is 2. The van der Waals surface area contributed by atoms with Crippen LogP contribution in [0.1, 0.15) is 16.7 Å². The van der Waals surface area contributed by atoms with Crippen LogP contribution in [0.25, 0.3) is 22.9 Å². The molecular formula is C14H11NO. The van der Waals surface area contributed by atoms with E-state index in [0.29, 0.717) is 6.42 Å². The van der Waals surface area contributed by atoms with E-state index in [1.807, 2.05) is 24.3 Å². The number of benzene rings is 2. The molecule has 0 spiro atoms. The molecule has 78 valence electrons. The molecule has 1 amide bonds. The minimum Gasteiger partial charge on any atom is -0.369 e. The van der Waals surface area contributed by atoms with E-state index in [2.05, 4.69) is 18.2 Å². The van der Waals surface area contributed by atoms with Gasteiger partial charge in [0.1, 0.15) is 0 Å². The predicted octanol–water partition coefficient (Wildman–Crippen LogP) is 2.35. The number of carbonyl (C=O) groups excluding carboxylic acids is 1. The largest absolute Gasteiger partial charge is 0.369 e. The maximum Gasteiger partial charge on any atom is 0.221 e. The molecule has 2 heteroatoms. The van der Waals surface area contributed by atoms with Gasteiger partial charge < -0.3 is 5.73 Å². The van der Waals surface area contributed by atoms with Crippen LogP contribution >= 0.6 is 0 Å². The van der Waals surface area contributed by atoms with E-state index >= 15 is 0 Å². The molecule has 0 atom stereocenters. The second kappa shape index (κ2) is 3.20. The van der Waals surface area contributed by atoms with Crippen LogP contribution in [0.5, 0.6) is 0 Å². The van der Waals surface area contributed by atoms with Crippen molar-refractivity contribution in [3.8, 4) is 0 Å². The lowest BCUT2D eigenvalue weighted by molar-refractivity contribution is -0.117. The highest BCUT2D eigenvalue weighted by atomic mass is 16.1. The molecule has 0 saturated heterocycles. The van der Waals surface area contributed by atoms with Crippen LogP contribution in [-0.4, -0.2) is 5.91 Å². The van der Waals surface area contributed by atoms with Crippen LogP contribution in [0.2, 0.25) is 0 Å². The normalized spacial score (nSPS) is 12.2. The third kappa shape index (κ3) is 1.23. The average Bonchev–Trinajstić information content (AvgIpc) is 2.67. The highest BCUT2D eigenvalue weighted by Crippen LogP contribution is 2.33. The fraction of sp³-hybridized carbons (Fsp3) is 0.0714. The summed E-state index contributed by atoms with van der Waals surface area (Å²) in [4.78, 5) is 11.0. The van der Waals surface area contributed by atoms with Gasteiger partial charge in [0.25, 0.3) is 0 Å². The summed E-state index contributed by atoms with van der Waals surface area (Å²) < 4.78 is 0. The van der Waals surface area contributed by atoms with Gasteiger partial charge in [-0.25, -0.2) is 0 Å². The minimum atomic E-state index is -0.286. The van der Waals surface area contributed by atoms with E-state index in [1.165, 1.54) is 16.5 Å². The van der Waals surface area contributed by atoms with Crippen molar-refractivity contribution >= 4 is 28.8 Å². The second-order valence-electron chi connectivity index (χ2n) is 4.06. The van der Waals surface area contributed by atoms with Crippen molar-refractivity contribution in [1.29, 1.82) is 0 Å². The van der Waals surface area contributed by atoms with Crippen molar-refractivity contribution in [2.24, 2.45) is 5.73 Å². The first kappa shape index (κ1) is 9.16. The summed E-state index contributed by atoms with van der Waals surface area (Å²) in [5, 5.41) is 2.38. The number of hydrogen-bond acceptors (Lipinski definition) is 1. The summed E-state index contributed by atoms with van der Waals surface area (Å²) in [6, 6.07) is 10.2. The number of amides is 1. The first-order valence-electron chi connectivity index (χ1n) is 5.27. The van der Waals surface area contributed by atoms with Gasteiger partial charge in [-0.3, -0.25) is 4.79 Å². The van der Waals surface area contributed by atoms with Crippen molar-refractivity contribution in [2.45, 2.75) is 6.42 Å². The summed E-state index contributed by atoms with van der Waals surface area (Å²) in [5.74, 6) is -0.286. The van der Waals surface area contributed by atoms with Crippen LogP contribution in [0, 0.1) is 0 Å². The fourth-order valence-electron chi connectivity index (χ4n) is 2.32. The molecular weight excluding hydrogens is 198 g/mol. The van der Waals surface area contributed by atoms with Crippen molar-refractivity contribution in [1.82, 2.24) is 0 Å². The Balaban J connectivity index is 2.31. The summed E-state index contributed by atoms with van der Waals surface area (Å²) in [6.45, 7) is 0. The highest BCUT2D eigenvalue weighted by molar-refractivity contribution is 6.06.